The fraction of sp³-hybridized carbons (Fsp3) is 0.316. The van der Waals surface area contributed by atoms with Crippen LogP contribution in [0.2, 0.25) is 0 Å². The van der Waals surface area contributed by atoms with Crippen molar-refractivity contribution in [2.24, 2.45) is 7.05 Å². The van der Waals surface area contributed by atoms with E-state index in [2.05, 4.69) is 15.3 Å². The summed E-state index contributed by atoms with van der Waals surface area (Å²) >= 11 is 0. The van der Waals surface area contributed by atoms with Crippen LogP contribution in [0, 0.1) is 11.6 Å². The van der Waals surface area contributed by atoms with Crippen molar-refractivity contribution >= 4 is 29.4 Å². The molecule has 0 radical (unpaired) electrons. The van der Waals surface area contributed by atoms with Crippen LogP contribution in [0.3, 0.4) is 0 Å². The highest BCUT2D eigenvalue weighted by atomic mass is 35.5. The highest BCUT2D eigenvalue weighted by molar-refractivity contribution is 5.85. The molecule has 3 rings (SSSR count). The lowest BCUT2D eigenvalue weighted by atomic mass is 10.0. The molecule has 0 aliphatic rings. The molecular weight excluding hydrogens is 390 g/mol. The minimum absolute atomic E-state index is 0. The first-order valence-electron chi connectivity index (χ1n) is 8.39. The maximum Gasteiger partial charge on any atom is 0.255 e. The lowest BCUT2D eigenvalue weighted by Gasteiger charge is -2.23. The van der Waals surface area contributed by atoms with Crippen LogP contribution >= 0.6 is 12.4 Å². The minimum Gasteiger partial charge on any atom is -0.394 e. The van der Waals surface area contributed by atoms with Gasteiger partial charge in [-0.05, 0) is 31.5 Å². The Hall–Kier alpha value is -2.58. The smallest absolute Gasteiger partial charge is 0.255 e. The Labute approximate surface area is 166 Å². The molecule has 0 saturated carbocycles. The van der Waals surface area contributed by atoms with Crippen molar-refractivity contribution in [1.82, 2.24) is 14.5 Å². The number of nitrogens with one attached hydrogen (secondary N) is 1. The normalized spacial score (nSPS) is 11.4. The quantitative estimate of drug-likeness (QED) is 0.676. The van der Waals surface area contributed by atoms with Crippen molar-refractivity contribution in [3.8, 4) is 0 Å². The molecule has 0 amide bonds. The molecule has 0 saturated heterocycles. The summed E-state index contributed by atoms with van der Waals surface area (Å²) in [5, 5.41) is 13.0. The number of hydrogen-bond donors (Lipinski definition) is 2. The molecule has 150 valence electrons. The molecule has 2 heterocycles. The van der Waals surface area contributed by atoms with E-state index in [1.54, 1.807) is 33.2 Å². The van der Waals surface area contributed by atoms with E-state index in [1.807, 2.05) is 0 Å². The van der Waals surface area contributed by atoms with Gasteiger partial charge in [0, 0.05) is 36.7 Å². The molecule has 0 aliphatic carbocycles. The number of halogens is 3. The molecule has 28 heavy (non-hydrogen) atoms. The molecule has 0 spiro atoms. The van der Waals surface area contributed by atoms with Crippen molar-refractivity contribution in [1.29, 1.82) is 0 Å². The lowest BCUT2D eigenvalue weighted by Crippen LogP contribution is -2.35. The molecule has 0 aliphatic heterocycles. The van der Waals surface area contributed by atoms with Gasteiger partial charge in [-0.2, -0.15) is 4.98 Å². The number of aryl methyl sites for hydroxylation is 1. The molecule has 9 heteroatoms. The van der Waals surface area contributed by atoms with Crippen LogP contribution in [0.1, 0.15) is 25.0 Å². The Morgan fingerprint density at radius 2 is 1.93 bits per heavy atom. The van der Waals surface area contributed by atoms with E-state index < -0.39 is 17.2 Å². The third-order valence-electron chi connectivity index (χ3n) is 4.26. The summed E-state index contributed by atoms with van der Waals surface area (Å²) in [7, 11) is 1.57. The number of anilines is 1. The number of aliphatic hydroxyl groups excluding tert-OH is 1. The van der Waals surface area contributed by atoms with E-state index in [4.69, 9.17) is 0 Å². The number of aromatic nitrogens is 3. The van der Waals surface area contributed by atoms with Gasteiger partial charge in [0.15, 0.2) is 0 Å². The minimum atomic E-state index is -0.695. The largest absolute Gasteiger partial charge is 0.394 e. The van der Waals surface area contributed by atoms with Crippen LogP contribution in [-0.2, 0) is 13.5 Å². The van der Waals surface area contributed by atoms with Crippen molar-refractivity contribution in [2.45, 2.75) is 25.8 Å². The van der Waals surface area contributed by atoms with E-state index in [1.165, 1.54) is 10.6 Å². The maximum atomic E-state index is 13.9. The van der Waals surface area contributed by atoms with Crippen LogP contribution in [0.15, 0.2) is 35.3 Å². The fourth-order valence-electron chi connectivity index (χ4n) is 2.71. The van der Waals surface area contributed by atoms with Crippen LogP contribution in [0.25, 0.3) is 11.0 Å². The molecule has 0 fully saturated rings. The summed E-state index contributed by atoms with van der Waals surface area (Å²) in [5.41, 5.74) is 0.0613. The first-order chi connectivity index (χ1) is 12.7. The van der Waals surface area contributed by atoms with Gasteiger partial charge in [-0.1, -0.05) is 6.07 Å². The van der Waals surface area contributed by atoms with Gasteiger partial charge < -0.3 is 10.4 Å². The Morgan fingerprint density at radius 3 is 2.57 bits per heavy atom. The highest BCUT2D eigenvalue weighted by Crippen LogP contribution is 2.18. The van der Waals surface area contributed by atoms with Gasteiger partial charge in [-0.3, -0.25) is 9.36 Å². The van der Waals surface area contributed by atoms with E-state index in [-0.39, 0.29) is 42.5 Å². The van der Waals surface area contributed by atoms with E-state index in [9.17, 15) is 18.7 Å². The molecule has 2 N–H and O–H groups in total. The van der Waals surface area contributed by atoms with Crippen molar-refractivity contribution < 1.29 is 13.9 Å². The number of fused-ring (bicyclic) bond motifs is 1. The molecule has 2 aromatic heterocycles. The van der Waals surface area contributed by atoms with Gasteiger partial charge in [0.05, 0.1) is 12.1 Å². The molecule has 0 unspecified atom stereocenters. The summed E-state index contributed by atoms with van der Waals surface area (Å²) < 4.78 is 28.4. The van der Waals surface area contributed by atoms with Gasteiger partial charge >= 0.3 is 0 Å². The number of nitrogens with zero attached hydrogens (tertiary/aromatic N) is 3. The highest BCUT2D eigenvalue weighted by Gasteiger charge is 2.18. The van der Waals surface area contributed by atoms with Gasteiger partial charge in [0.1, 0.15) is 17.3 Å². The summed E-state index contributed by atoms with van der Waals surface area (Å²) in [5.74, 6) is -1.07. The number of benzene rings is 1. The van der Waals surface area contributed by atoms with E-state index in [0.717, 1.165) is 12.1 Å². The van der Waals surface area contributed by atoms with Gasteiger partial charge in [0.25, 0.3) is 5.56 Å². The van der Waals surface area contributed by atoms with Gasteiger partial charge in [0.2, 0.25) is 5.95 Å². The predicted octanol–water partition coefficient (Wildman–Crippen LogP) is 2.80. The first kappa shape index (κ1) is 21.7. The zero-order valence-electron chi connectivity index (χ0n) is 15.7. The summed E-state index contributed by atoms with van der Waals surface area (Å²) in [6.07, 6.45) is 1.59. The fourth-order valence-corrected chi connectivity index (χ4v) is 2.71. The Kier molecular flexibility index (Phi) is 6.36. The SMILES string of the molecule is Cl.Cn1c(=O)c(Cc2ccc(F)cc2F)cc2cnc(NC(C)(C)CO)nc21. The molecule has 3 aromatic rings. The Balaban J connectivity index is 0.00000280. The van der Waals surface area contributed by atoms with Crippen molar-refractivity contribution in [3.05, 3.63) is 63.6 Å². The molecule has 1 aromatic carbocycles. The third kappa shape index (κ3) is 4.45. The van der Waals surface area contributed by atoms with E-state index >= 15 is 0 Å². The molecule has 0 atom stereocenters. The lowest BCUT2D eigenvalue weighted by molar-refractivity contribution is 0.233. The number of aliphatic hydroxyl groups is 1. The maximum absolute atomic E-state index is 13.9. The van der Waals surface area contributed by atoms with Gasteiger partial charge in [-0.15, -0.1) is 12.4 Å². The average Bonchev–Trinajstić information content (AvgIpc) is 2.62. The standard InChI is InChI=1S/C19H20F2N4O2.ClH/c1-19(2,10-26)24-18-22-9-13-7-12(17(27)25(3)16(13)23-18)6-11-4-5-14(20)8-15(11)21;/h4-5,7-9,26H,6,10H2,1-3H3,(H,22,23,24);1H. The van der Waals surface area contributed by atoms with Crippen LogP contribution in [-0.4, -0.2) is 31.8 Å². The zero-order chi connectivity index (χ0) is 19.8. The summed E-state index contributed by atoms with van der Waals surface area (Å²) in [6.45, 7) is 3.47. The third-order valence-corrected chi connectivity index (χ3v) is 4.26. The van der Waals surface area contributed by atoms with Crippen molar-refractivity contribution in [2.75, 3.05) is 11.9 Å². The molecule has 0 bridgehead atoms. The Bertz CT molecular complexity index is 1070. The molecule has 6 nitrogen and oxygen atoms in total. The zero-order valence-corrected chi connectivity index (χ0v) is 16.5. The number of pyridine rings is 1. The summed E-state index contributed by atoms with van der Waals surface area (Å²) in [4.78, 5) is 21.2. The van der Waals surface area contributed by atoms with Crippen molar-refractivity contribution in [3.63, 3.8) is 0 Å². The topological polar surface area (TPSA) is 80.0 Å². The second-order valence-corrected chi connectivity index (χ2v) is 7.09. The summed E-state index contributed by atoms with van der Waals surface area (Å²) in [6, 6.07) is 4.90. The second kappa shape index (κ2) is 8.20. The van der Waals surface area contributed by atoms with Crippen LogP contribution < -0.4 is 10.9 Å². The monoisotopic (exact) mass is 410 g/mol. The first-order valence-corrected chi connectivity index (χ1v) is 8.39. The predicted molar refractivity (Wildman–Crippen MR) is 106 cm³/mol. The van der Waals surface area contributed by atoms with E-state index in [0.29, 0.717) is 16.6 Å². The Morgan fingerprint density at radius 1 is 1.21 bits per heavy atom. The average molecular weight is 411 g/mol. The van der Waals surface area contributed by atoms with Crippen LogP contribution in [0.4, 0.5) is 14.7 Å². The number of rotatable bonds is 5. The second-order valence-electron chi connectivity index (χ2n) is 7.09. The van der Waals surface area contributed by atoms with Crippen LogP contribution in [0.5, 0.6) is 0 Å². The number of hydrogen-bond acceptors (Lipinski definition) is 5. The van der Waals surface area contributed by atoms with Gasteiger partial charge in [-0.25, -0.2) is 13.8 Å². The molecular formula is C19H21ClF2N4O2.